The van der Waals surface area contributed by atoms with E-state index >= 15 is 0 Å². The number of carbonyl (C=O) groups excluding carboxylic acids is 2. The maximum absolute atomic E-state index is 11.2. The third kappa shape index (κ3) is 2.07. The van der Waals surface area contributed by atoms with E-state index in [2.05, 4.69) is 4.74 Å². The average Bonchev–Trinajstić information content (AvgIpc) is 2.53. The number of carbonyl (C=O) groups is 2. The molecule has 0 N–H and O–H groups in total. The molecule has 1 aromatic carbocycles. The Morgan fingerprint density at radius 1 is 1.20 bits per heavy atom. The summed E-state index contributed by atoms with van der Waals surface area (Å²) in [6, 6.07) is 6.85. The zero-order valence-electron chi connectivity index (χ0n) is 7.70. The Bertz CT molecular complexity index is 427. The number of ether oxygens (including phenoxy) is 1. The van der Waals surface area contributed by atoms with Crippen LogP contribution in [-0.4, -0.2) is 18.4 Å². The molecular weight excluding hydrogens is 216 g/mol. The molecule has 0 aromatic heterocycles. The lowest BCUT2D eigenvalue weighted by atomic mass is 10.1. The van der Waals surface area contributed by atoms with E-state index in [1.165, 1.54) is 6.08 Å². The van der Waals surface area contributed by atoms with Crippen molar-refractivity contribution in [2.75, 3.05) is 6.61 Å². The van der Waals surface area contributed by atoms with Crippen LogP contribution in [0.2, 0.25) is 5.02 Å². The van der Waals surface area contributed by atoms with Crippen LogP contribution in [0.4, 0.5) is 0 Å². The lowest BCUT2D eigenvalue weighted by Gasteiger charge is -1.94. The Balaban J connectivity index is 2.33. The Labute approximate surface area is 91.3 Å². The average molecular weight is 223 g/mol. The van der Waals surface area contributed by atoms with Gasteiger partial charge in [0.1, 0.15) is 5.57 Å². The van der Waals surface area contributed by atoms with Crippen molar-refractivity contribution < 1.29 is 14.3 Å². The smallest absolute Gasteiger partial charge is 0.342 e. The van der Waals surface area contributed by atoms with E-state index in [0.717, 1.165) is 5.56 Å². The molecule has 1 aliphatic heterocycles. The molecule has 0 radical (unpaired) electrons. The van der Waals surface area contributed by atoms with Gasteiger partial charge < -0.3 is 4.74 Å². The molecule has 4 heteroatoms. The highest BCUT2D eigenvalue weighted by atomic mass is 35.5. The normalized spacial score (nSPS) is 18.3. The molecule has 3 nitrogen and oxygen atoms in total. The van der Waals surface area contributed by atoms with Gasteiger partial charge in [-0.05, 0) is 23.8 Å². The van der Waals surface area contributed by atoms with Crippen LogP contribution in [0.3, 0.4) is 0 Å². The van der Waals surface area contributed by atoms with Crippen molar-refractivity contribution in [3.05, 3.63) is 40.4 Å². The number of benzene rings is 1. The van der Waals surface area contributed by atoms with Gasteiger partial charge in [0.15, 0.2) is 6.61 Å². The van der Waals surface area contributed by atoms with Crippen LogP contribution in [0.25, 0.3) is 6.08 Å². The third-order valence-electron chi connectivity index (χ3n) is 2.04. The molecule has 0 spiro atoms. The van der Waals surface area contributed by atoms with Gasteiger partial charge in [-0.15, -0.1) is 0 Å². The van der Waals surface area contributed by atoms with Crippen LogP contribution in [0, 0.1) is 0 Å². The molecule has 0 unspecified atom stereocenters. The minimum absolute atomic E-state index is 0.0947. The number of rotatable bonds is 1. The van der Waals surface area contributed by atoms with Crippen LogP contribution in [0.5, 0.6) is 0 Å². The van der Waals surface area contributed by atoms with Crippen LogP contribution in [0.15, 0.2) is 29.8 Å². The summed E-state index contributed by atoms with van der Waals surface area (Å²) < 4.78 is 4.59. The van der Waals surface area contributed by atoms with Crippen LogP contribution < -0.4 is 0 Å². The highest BCUT2D eigenvalue weighted by Crippen LogP contribution is 2.16. The number of Topliss-reactive ketones (excluding diaryl/α,β-unsaturated/α-hetero) is 1. The molecular formula is C11H7ClO3. The van der Waals surface area contributed by atoms with Crippen molar-refractivity contribution in [2.45, 2.75) is 0 Å². The second kappa shape index (κ2) is 3.87. The van der Waals surface area contributed by atoms with Gasteiger partial charge in [0.2, 0.25) is 5.78 Å². The molecule has 1 aliphatic rings. The molecule has 1 heterocycles. The number of hydrogen-bond acceptors (Lipinski definition) is 3. The first-order valence-electron chi connectivity index (χ1n) is 4.34. The van der Waals surface area contributed by atoms with E-state index in [4.69, 9.17) is 11.6 Å². The number of esters is 1. The molecule has 1 aromatic rings. The second-order valence-corrected chi connectivity index (χ2v) is 3.55. The Hall–Kier alpha value is -1.61. The molecule has 1 fully saturated rings. The third-order valence-corrected chi connectivity index (χ3v) is 2.29. The molecule has 0 saturated carbocycles. The number of ketones is 1. The summed E-state index contributed by atoms with van der Waals surface area (Å²) in [4.78, 5) is 22.3. The van der Waals surface area contributed by atoms with E-state index in [9.17, 15) is 9.59 Å². The number of halogens is 1. The molecule has 2 rings (SSSR count). The molecule has 1 saturated heterocycles. The fourth-order valence-corrected chi connectivity index (χ4v) is 1.39. The predicted molar refractivity (Wildman–Crippen MR) is 55.4 cm³/mol. The van der Waals surface area contributed by atoms with Crippen LogP contribution in [-0.2, 0) is 14.3 Å². The first-order chi connectivity index (χ1) is 7.16. The van der Waals surface area contributed by atoms with Crippen molar-refractivity contribution in [3.63, 3.8) is 0 Å². The summed E-state index contributed by atoms with van der Waals surface area (Å²) in [5.41, 5.74) is 0.846. The quantitative estimate of drug-likeness (QED) is 0.414. The first kappa shape index (κ1) is 9.93. The van der Waals surface area contributed by atoms with Crippen molar-refractivity contribution in [2.24, 2.45) is 0 Å². The van der Waals surface area contributed by atoms with Gasteiger partial charge in [-0.3, -0.25) is 4.79 Å². The lowest BCUT2D eigenvalue weighted by Crippen LogP contribution is -2.00. The van der Waals surface area contributed by atoms with E-state index < -0.39 is 5.97 Å². The van der Waals surface area contributed by atoms with Gasteiger partial charge in [0.05, 0.1) is 0 Å². The van der Waals surface area contributed by atoms with Gasteiger partial charge in [-0.1, -0.05) is 23.7 Å². The van der Waals surface area contributed by atoms with E-state index in [1.807, 2.05) is 0 Å². The van der Waals surface area contributed by atoms with Crippen molar-refractivity contribution in [3.8, 4) is 0 Å². The highest BCUT2D eigenvalue weighted by molar-refractivity contribution is 6.30. The number of cyclic esters (lactones) is 1. The summed E-state index contributed by atoms with van der Waals surface area (Å²) in [5.74, 6) is -0.843. The maximum atomic E-state index is 11.2. The van der Waals surface area contributed by atoms with Crippen molar-refractivity contribution >= 4 is 29.4 Å². The summed E-state index contributed by atoms with van der Waals surface area (Å²) in [7, 11) is 0. The van der Waals surface area contributed by atoms with Crippen molar-refractivity contribution in [1.82, 2.24) is 0 Å². The summed E-state index contributed by atoms with van der Waals surface area (Å²) in [5, 5.41) is 0.609. The fraction of sp³-hybridized carbons (Fsp3) is 0.0909. The van der Waals surface area contributed by atoms with Gasteiger partial charge in [0.25, 0.3) is 0 Å². The Morgan fingerprint density at radius 3 is 2.40 bits per heavy atom. The zero-order valence-corrected chi connectivity index (χ0v) is 8.45. The monoisotopic (exact) mass is 222 g/mol. The Morgan fingerprint density at radius 2 is 1.87 bits per heavy atom. The van der Waals surface area contributed by atoms with Crippen molar-refractivity contribution in [1.29, 1.82) is 0 Å². The maximum Gasteiger partial charge on any atom is 0.342 e. The lowest BCUT2D eigenvalue weighted by molar-refractivity contribution is -0.135. The number of hydrogen-bond donors (Lipinski definition) is 0. The largest absolute Gasteiger partial charge is 0.454 e. The molecule has 0 aliphatic carbocycles. The fourth-order valence-electron chi connectivity index (χ4n) is 1.27. The molecule has 15 heavy (non-hydrogen) atoms. The summed E-state index contributed by atoms with van der Waals surface area (Å²) >= 11 is 5.71. The predicted octanol–water partition coefficient (Wildman–Crippen LogP) is 1.85. The van der Waals surface area contributed by atoms with Crippen LogP contribution >= 0.6 is 11.6 Å². The topological polar surface area (TPSA) is 43.4 Å². The van der Waals surface area contributed by atoms with Gasteiger partial charge in [-0.2, -0.15) is 0 Å². The Kier molecular flexibility index (Phi) is 2.56. The molecule has 0 bridgehead atoms. The van der Waals surface area contributed by atoms with Gasteiger partial charge in [-0.25, -0.2) is 4.79 Å². The molecule has 76 valence electrons. The van der Waals surface area contributed by atoms with Gasteiger partial charge >= 0.3 is 5.97 Å². The zero-order chi connectivity index (χ0) is 10.8. The summed E-state index contributed by atoms with van der Waals surface area (Å²) in [6.07, 6.45) is 1.51. The van der Waals surface area contributed by atoms with E-state index in [-0.39, 0.29) is 18.0 Å². The minimum Gasteiger partial charge on any atom is -0.454 e. The minimum atomic E-state index is -0.560. The SMILES string of the molecule is O=C1COC(=O)C1=Cc1ccc(Cl)cc1. The summed E-state index contributed by atoms with van der Waals surface area (Å²) in [6.45, 7) is -0.155. The molecule has 0 amide bonds. The van der Waals surface area contributed by atoms with E-state index in [1.54, 1.807) is 24.3 Å². The van der Waals surface area contributed by atoms with E-state index in [0.29, 0.717) is 5.02 Å². The molecule has 0 atom stereocenters. The van der Waals surface area contributed by atoms with Gasteiger partial charge in [0, 0.05) is 5.02 Å². The highest BCUT2D eigenvalue weighted by Gasteiger charge is 2.27. The first-order valence-corrected chi connectivity index (χ1v) is 4.72. The second-order valence-electron chi connectivity index (χ2n) is 3.11. The standard InChI is InChI=1S/C11H7ClO3/c12-8-3-1-7(2-4-8)5-9-10(13)6-15-11(9)14/h1-5H,6H2. The van der Waals surface area contributed by atoms with Crippen LogP contribution in [0.1, 0.15) is 5.56 Å².